The maximum Gasteiger partial charge on any atom is 0.243 e. The SMILES string of the molecule is CCCCCC[C@@H]1CN(S(=O)(=O)c2ccc(C)cc2)CCO1. The maximum absolute atomic E-state index is 12.7. The number of benzene rings is 1. The Kier molecular flexibility index (Phi) is 6.41. The second kappa shape index (κ2) is 8.09. The molecule has 1 atom stereocenters. The van der Waals surface area contributed by atoms with Crippen molar-refractivity contribution in [3.63, 3.8) is 0 Å². The highest BCUT2D eigenvalue weighted by Crippen LogP contribution is 2.21. The van der Waals surface area contributed by atoms with E-state index < -0.39 is 10.0 Å². The van der Waals surface area contributed by atoms with Gasteiger partial charge in [-0.25, -0.2) is 8.42 Å². The first-order valence-corrected chi connectivity index (χ1v) is 9.66. The van der Waals surface area contributed by atoms with Crippen LogP contribution in [0.3, 0.4) is 0 Å². The van der Waals surface area contributed by atoms with Crippen LogP contribution in [0.5, 0.6) is 0 Å². The number of unbranched alkanes of at least 4 members (excludes halogenated alkanes) is 3. The summed E-state index contributed by atoms with van der Waals surface area (Å²) in [4.78, 5) is 0.379. The number of nitrogens with zero attached hydrogens (tertiary/aromatic N) is 1. The van der Waals surface area contributed by atoms with Crippen molar-refractivity contribution >= 4 is 10.0 Å². The molecule has 22 heavy (non-hydrogen) atoms. The molecule has 1 heterocycles. The second-order valence-electron chi connectivity index (χ2n) is 6.02. The summed E-state index contributed by atoms with van der Waals surface area (Å²) in [6, 6.07) is 7.07. The molecule has 0 radical (unpaired) electrons. The Morgan fingerprint density at radius 3 is 2.59 bits per heavy atom. The molecule has 2 rings (SSSR count). The van der Waals surface area contributed by atoms with Crippen molar-refractivity contribution in [1.29, 1.82) is 0 Å². The summed E-state index contributed by atoms with van der Waals surface area (Å²) in [7, 11) is -3.39. The molecular formula is C17H27NO3S. The van der Waals surface area contributed by atoms with Gasteiger partial charge in [0.1, 0.15) is 0 Å². The normalized spacial score (nSPS) is 20.2. The average molecular weight is 325 g/mol. The van der Waals surface area contributed by atoms with Crippen molar-refractivity contribution in [2.75, 3.05) is 19.7 Å². The van der Waals surface area contributed by atoms with Crippen LogP contribution in [0, 0.1) is 6.92 Å². The van der Waals surface area contributed by atoms with E-state index in [0.29, 0.717) is 24.6 Å². The van der Waals surface area contributed by atoms with Crippen LogP contribution < -0.4 is 0 Å². The summed E-state index contributed by atoms with van der Waals surface area (Å²) in [6.07, 6.45) is 5.72. The van der Waals surface area contributed by atoms with E-state index in [1.807, 2.05) is 19.1 Å². The van der Waals surface area contributed by atoms with Crippen LogP contribution in [0.1, 0.15) is 44.6 Å². The van der Waals surface area contributed by atoms with Gasteiger partial charge in [-0.15, -0.1) is 0 Å². The van der Waals surface area contributed by atoms with Gasteiger partial charge in [0.05, 0.1) is 17.6 Å². The van der Waals surface area contributed by atoms with Crippen LogP contribution in [0.25, 0.3) is 0 Å². The number of hydrogen-bond acceptors (Lipinski definition) is 3. The fraction of sp³-hybridized carbons (Fsp3) is 0.647. The zero-order chi connectivity index (χ0) is 16.0. The number of sulfonamides is 1. The molecule has 1 aromatic rings. The molecule has 1 saturated heterocycles. The van der Waals surface area contributed by atoms with E-state index in [-0.39, 0.29) is 6.10 Å². The molecule has 5 heteroatoms. The summed E-state index contributed by atoms with van der Waals surface area (Å²) in [5, 5.41) is 0. The lowest BCUT2D eigenvalue weighted by Gasteiger charge is -2.32. The summed E-state index contributed by atoms with van der Waals surface area (Å²) in [5.41, 5.74) is 1.06. The Hall–Kier alpha value is -0.910. The van der Waals surface area contributed by atoms with E-state index in [9.17, 15) is 8.42 Å². The van der Waals surface area contributed by atoms with Crippen LogP contribution in [0.15, 0.2) is 29.2 Å². The third-order valence-electron chi connectivity index (χ3n) is 4.14. The fourth-order valence-electron chi connectivity index (χ4n) is 2.74. The molecule has 0 amide bonds. The van der Waals surface area contributed by atoms with Gasteiger partial charge in [0, 0.05) is 13.1 Å². The van der Waals surface area contributed by atoms with Gasteiger partial charge < -0.3 is 4.74 Å². The first-order valence-electron chi connectivity index (χ1n) is 8.22. The predicted molar refractivity (Wildman–Crippen MR) is 88.4 cm³/mol. The van der Waals surface area contributed by atoms with Crippen molar-refractivity contribution in [1.82, 2.24) is 4.31 Å². The van der Waals surface area contributed by atoms with Gasteiger partial charge in [0.25, 0.3) is 0 Å². The lowest BCUT2D eigenvalue weighted by Crippen LogP contribution is -2.45. The molecule has 1 aromatic carbocycles. The standard InChI is InChI=1S/C17H27NO3S/c1-3-4-5-6-7-16-14-18(12-13-21-16)22(19,20)17-10-8-15(2)9-11-17/h8-11,16H,3-7,12-14H2,1-2H3/t16-/m1/s1. The van der Waals surface area contributed by atoms with Gasteiger partial charge in [-0.05, 0) is 25.5 Å². The highest BCUT2D eigenvalue weighted by molar-refractivity contribution is 7.89. The third kappa shape index (κ3) is 4.54. The van der Waals surface area contributed by atoms with E-state index >= 15 is 0 Å². The number of ether oxygens (including phenoxy) is 1. The molecule has 0 aliphatic carbocycles. The number of rotatable bonds is 7. The fourth-order valence-corrected chi connectivity index (χ4v) is 4.20. The molecule has 0 unspecified atom stereocenters. The average Bonchev–Trinajstić information content (AvgIpc) is 2.52. The largest absolute Gasteiger partial charge is 0.375 e. The van der Waals surface area contributed by atoms with Crippen LogP contribution in [0.2, 0.25) is 0 Å². The lowest BCUT2D eigenvalue weighted by molar-refractivity contribution is -0.00676. The Bertz CT molecular complexity index is 554. The molecule has 0 spiro atoms. The van der Waals surface area contributed by atoms with E-state index in [2.05, 4.69) is 6.92 Å². The topological polar surface area (TPSA) is 46.6 Å². The molecule has 0 N–H and O–H groups in total. The second-order valence-corrected chi connectivity index (χ2v) is 7.96. The maximum atomic E-state index is 12.7. The summed E-state index contributed by atoms with van der Waals surface area (Å²) < 4.78 is 32.7. The zero-order valence-electron chi connectivity index (χ0n) is 13.6. The van der Waals surface area contributed by atoms with Crippen LogP contribution >= 0.6 is 0 Å². The molecule has 0 saturated carbocycles. The summed E-state index contributed by atoms with van der Waals surface area (Å²) >= 11 is 0. The highest BCUT2D eigenvalue weighted by atomic mass is 32.2. The van der Waals surface area contributed by atoms with Gasteiger partial charge in [-0.1, -0.05) is 50.3 Å². The quantitative estimate of drug-likeness (QED) is 0.722. The monoisotopic (exact) mass is 325 g/mol. The van der Waals surface area contributed by atoms with Crippen LogP contribution in [0.4, 0.5) is 0 Å². The summed E-state index contributed by atoms with van der Waals surface area (Å²) in [6.45, 7) is 5.55. The molecule has 1 fully saturated rings. The number of morpholine rings is 1. The lowest BCUT2D eigenvalue weighted by atomic mass is 10.1. The van der Waals surface area contributed by atoms with Crippen LogP contribution in [-0.4, -0.2) is 38.5 Å². The van der Waals surface area contributed by atoms with Gasteiger partial charge >= 0.3 is 0 Å². The van der Waals surface area contributed by atoms with E-state index in [4.69, 9.17) is 4.74 Å². The third-order valence-corrected chi connectivity index (χ3v) is 6.02. The molecule has 1 aliphatic rings. The van der Waals surface area contributed by atoms with Gasteiger partial charge in [0.2, 0.25) is 10.0 Å². The first kappa shape index (κ1) is 17.4. The van der Waals surface area contributed by atoms with Gasteiger partial charge in [0.15, 0.2) is 0 Å². The van der Waals surface area contributed by atoms with Gasteiger partial charge in [-0.2, -0.15) is 4.31 Å². The van der Waals surface area contributed by atoms with Crippen molar-refractivity contribution in [2.24, 2.45) is 0 Å². The van der Waals surface area contributed by atoms with E-state index in [0.717, 1.165) is 18.4 Å². The molecule has 0 bridgehead atoms. The first-order chi connectivity index (χ1) is 10.5. The molecule has 1 aliphatic heterocycles. The van der Waals surface area contributed by atoms with Gasteiger partial charge in [-0.3, -0.25) is 0 Å². The minimum Gasteiger partial charge on any atom is -0.375 e. The van der Waals surface area contributed by atoms with Crippen molar-refractivity contribution in [3.8, 4) is 0 Å². The smallest absolute Gasteiger partial charge is 0.243 e. The highest BCUT2D eigenvalue weighted by Gasteiger charge is 2.30. The molecule has 0 aromatic heterocycles. The minimum absolute atomic E-state index is 0.0332. The van der Waals surface area contributed by atoms with E-state index in [1.165, 1.54) is 19.3 Å². The Morgan fingerprint density at radius 1 is 1.18 bits per heavy atom. The van der Waals surface area contributed by atoms with Crippen molar-refractivity contribution < 1.29 is 13.2 Å². The Labute approximate surface area is 134 Å². The van der Waals surface area contributed by atoms with Crippen molar-refractivity contribution in [2.45, 2.75) is 57.0 Å². The minimum atomic E-state index is -3.39. The number of hydrogen-bond donors (Lipinski definition) is 0. The molecule has 124 valence electrons. The summed E-state index contributed by atoms with van der Waals surface area (Å²) in [5.74, 6) is 0. The van der Waals surface area contributed by atoms with E-state index in [1.54, 1.807) is 16.4 Å². The Balaban J connectivity index is 1.97. The Morgan fingerprint density at radius 2 is 1.91 bits per heavy atom. The number of aryl methyl sites for hydroxylation is 1. The molecule has 4 nitrogen and oxygen atoms in total. The van der Waals surface area contributed by atoms with Crippen molar-refractivity contribution in [3.05, 3.63) is 29.8 Å². The zero-order valence-corrected chi connectivity index (χ0v) is 14.4. The predicted octanol–water partition coefficient (Wildman–Crippen LogP) is 3.35. The molecular weight excluding hydrogens is 298 g/mol. The van der Waals surface area contributed by atoms with Crippen LogP contribution in [-0.2, 0) is 14.8 Å².